The van der Waals surface area contributed by atoms with Crippen LogP contribution in [-0.4, -0.2) is 29.8 Å². The summed E-state index contributed by atoms with van der Waals surface area (Å²) in [5.74, 6) is 0.898. The second kappa shape index (κ2) is 8.94. The number of benzene rings is 1. The first-order valence-corrected chi connectivity index (χ1v) is 11.9. The van der Waals surface area contributed by atoms with E-state index in [9.17, 15) is 0 Å². The Bertz CT molecular complexity index is 1100. The van der Waals surface area contributed by atoms with Crippen LogP contribution in [0.2, 0.25) is 0 Å². The normalized spacial score (nSPS) is 13.1. The van der Waals surface area contributed by atoms with Crippen molar-refractivity contribution < 1.29 is 4.74 Å². The molecule has 0 unspecified atom stereocenters. The van der Waals surface area contributed by atoms with Crippen molar-refractivity contribution in [2.45, 2.75) is 73.1 Å². The first-order valence-electron chi connectivity index (χ1n) is 11.9. The zero-order chi connectivity index (χ0) is 22.1. The Morgan fingerprint density at radius 3 is 2.58 bits per heavy atom. The number of ether oxygens (including phenoxy) is 1. The molecule has 0 amide bonds. The third kappa shape index (κ3) is 3.71. The van der Waals surface area contributed by atoms with Gasteiger partial charge in [-0.15, -0.1) is 0 Å². The van der Waals surface area contributed by atoms with Gasteiger partial charge in [0.1, 0.15) is 11.4 Å². The predicted molar refractivity (Wildman–Crippen MR) is 131 cm³/mol. The van der Waals surface area contributed by atoms with Crippen molar-refractivity contribution in [1.29, 1.82) is 0 Å². The van der Waals surface area contributed by atoms with Gasteiger partial charge in [0.25, 0.3) is 0 Å². The molecule has 0 aliphatic heterocycles. The highest BCUT2D eigenvalue weighted by atomic mass is 16.5. The van der Waals surface area contributed by atoms with Gasteiger partial charge in [-0.05, 0) is 88.3 Å². The maximum Gasteiger partial charge on any atom is 0.147 e. The van der Waals surface area contributed by atoms with E-state index < -0.39 is 0 Å². The molecule has 0 saturated carbocycles. The minimum absolute atomic E-state index is 0.898. The Morgan fingerprint density at radius 1 is 1.10 bits per heavy atom. The Balaban J connectivity index is 1.97. The van der Waals surface area contributed by atoms with E-state index in [1.807, 2.05) is 0 Å². The van der Waals surface area contributed by atoms with Crippen LogP contribution in [0.4, 0.5) is 5.69 Å². The molecule has 0 bridgehead atoms. The lowest BCUT2D eigenvalue weighted by Gasteiger charge is -2.27. The van der Waals surface area contributed by atoms with Crippen molar-refractivity contribution in [2.75, 3.05) is 25.1 Å². The Labute approximate surface area is 187 Å². The minimum atomic E-state index is 0.898. The lowest BCUT2D eigenvalue weighted by molar-refractivity contribution is 0.414. The average molecular weight is 420 g/mol. The molecular weight excluding hydrogens is 382 g/mol. The van der Waals surface area contributed by atoms with Crippen molar-refractivity contribution in [3.8, 4) is 11.4 Å². The number of methoxy groups -OCH3 is 1. The molecular formula is C27H37N3O. The van der Waals surface area contributed by atoms with Gasteiger partial charge in [0.2, 0.25) is 0 Å². The molecule has 0 saturated heterocycles. The van der Waals surface area contributed by atoms with Crippen molar-refractivity contribution in [1.82, 2.24) is 9.55 Å². The Hall–Kier alpha value is -2.49. The van der Waals surface area contributed by atoms with Gasteiger partial charge in [0.15, 0.2) is 0 Å². The molecule has 4 nitrogen and oxygen atoms in total. The summed E-state index contributed by atoms with van der Waals surface area (Å²) in [7, 11) is 1.73. The van der Waals surface area contributed by atoms with Crippen LogP contribution in [-0.2, 0) is 12.8 Å². The lowest BCUT2D eigenvalue weighted by atomic mass is 10.0. The molecule has 2 heterocycles. The third-order valence-electron chi connectivity index (χ3n) is 7.02. The molecule has 2 aromatic heterocycles. The molecule has 0 radical (unpaired) electrons. The molecule has 1 aliphatic carbocycles. The summed E-state index contributed by atoms with van der Waals surface area (Å²) < 4.78 is 7.83. The number of nitrogens with zero attached hydrogens (tertiary/aromatic N) is 3. The fourth-order valence-corrected chi connectivity index (χ4v) is 5.19. The fourth-order valence-electron chi connectivity index (χ4n) is 5.19. The van der Waals surface area contributed by atoms with Crippen LogP contribution < -0.4 is 9.64 Å². The van der Waals surface area contributed by atoms with Crippen LogP contribution in [0.15, 0.2) is 18.2 Å². The summed E-state index contributed by atoms with van der Waals surface area (Å²) in [6, 6.07) is 6.35. The first-order chi connectivity index (χ1) is 15.0. The summed E-state index contributed by atoms with van der Waals surface area (Å²) in [5.41, 5.74) is 10.4. The lowest BCUT2D eigenvalue weighted by Crippen LogP contribution is -2.25. The van der Waals surface area contributed by atoms with E-state index in [1.54, 1.807) is 7.11 Å². The summed E-state index contributed by atoms with van der Waals surface area (Å²) in [5, 5.41) is 1.35. The van der Waals surface area contributed by atoms with E-state index in [2.05, 4.69) is 62.3 Å². The summed E-state index contributed by atoms with van der Waals surface area (Å²) in [6.07, 6.45) is 7.26. The number of anilines is 1. The number of pyridine rings is 1. The smallest absolute Gasteiger partial charge is 0.147 e. The largest absolute Gasteiger partial charge is 0.497 e. The van der Waals surface area contributed by atoms with Gasteiger partial charge < -0.3 is 9.64 Å². The van der Waals surface area contributed by atoms with E-state index in [0.717, 1.165) is 37.3 Å². The van der Waals surface area contributed by atoms with E-state index >= 15 is 0 Å². The van der Waals surface area contributed by atoms with Crippen molar-refractivity contribution in [3.05, 3.63) is 46.3 Å². The van der Waals surface area contributed by atoms with Gasteiger partial charge >= 0.3 is 0 Å². The van der Waals surface area contributed by atoms with Crippen LogP contribution >= 0.6 is 0 Å². The SMILES string of the molecule is CCCCCN(CC)c1c2c(nc3c1c(C)c(C)n3-c1ccc(OC)cc1C)CCC2. The second-order valence-electron chi connectivity index (χ2n) is 8.92. The number of aromatic nitrogens is 2. The fraction of sp³-hybridized carbons (Fsp3) is 0.519. The van der Waals surface area contributed by atoms with Gasteiger partial charge in [-0.1, -0.05) is 19.8 Å². The topological polar surface area (TPSA) is 30.3 Å². The summed E-state index contributed by atoms with van der Waals surface area (Å²) in [4.78, 5) is 7.90. The zero-order valence-corrected chi connectivity index (χ0v) is 20.1. The second-order valence-corrected chi connectivity index (χ2v) is 8.92. The average Bonchev–Trinajstić information content (AvgIpc) is 3.33. The predicted octanol–water partition coefficient (Wildman–Crippen LogP) is 6.46. The molecule has 3 aromatic rings. The molecule has 0 fully saturated rings. The van der Waals surface area contributed by atoms with Crippen molar-refractivity contribution in [3.63, 3.8) is 0 Å². The highest BCUT2D eigenvalue weighted by molar-refractivity contribution is 5.98. The molecule has 0 atom stereocenters. The molecule has 1 aromatic carbocycles. The molecule has 31 heavy (non-hydrogen) atoms. The molecule has 4 rings (SSSR count). The van der Waals surface area contributed by atoms with Gasteiger partial charge in [-0.25, -0.2) is 4.98 Å². The van der Waals surface area contributed by atoms with Crippen LogP contribution in [0.3, 0.4) is 0 Å². The molecule has 0 N–H and O–H groups in total. The van der Waals surface area contributed by atoms with Crippen LogP contribution in [0.5, 0.6) is 5.75 Å². The maximum absolute atomic E-state index is 5.45. The molecule has 1 aliphatic rings. The van der Waals surface area contributed by atoms with Gasteiger partial charge in [0.05, 0.1) is 18.5 Å². The summed E-state index contributed by atoms with van der Waals surface area (Å²) in [6.45, 7) is 13.4. The number of hydrogen-bond donors (Lipinski definition) is 0. The monoisotopic (exact) mass is 419 g/mol. The van der Waals surface area contributed by atoms with E-state index in [1.165, 1.54) is 70.5 Å². The highest BCUT2D eigenvalue weighted by Gasteiger charge is 2.27. The van der Waals surface area contributed by atoms with Crippen LogP contribution in [0.25, 0.3) is 16.7 Å². The molecule has 4 heteroatoms. The minimum Gasteiger partial charge on any atom is -0.497 e. The zero-order valence-electron chi connectivity index (χ0n) is 20.1. The summed E-state index contributed by atoms with van der Waals surface area (Å²) >= 11 is 0. The van der Waals surface area contributed by atoms with E-state index in [0.29, 0.717) is 0 Å². The van der Waals surface area contributed by atoms with E-state index in [4.69, 9.17) is 9.72 Å². The number of fused-ring (bicyclic) bond motifs is 2. The quantitative estimate of drug-likeness (QED) is 0.392. The molecule has 0 spiro atoms. The van der Waals surface area contributed by atoms with Gasteiger partial charge in [-0.3, -0.25) is 4.57 Å². The standard InChI is InChI=1S/C27H37N3O/c1-7-9-10-16-29(8-2)26-22-12-11-13-23(22)28-27-25(26)19(4)20(5)30(27)24-15-14-21(31-6)17-18(24)3/h14-15,17H,7-13,16H2,1-6H3. The number of aryl methyl sites for hydroxylation is 3. The first kappa shape index (κ1) is 21.7. The number of hydrogen-bond acceptors (Lipinski definition) is 3. The van der Waals surface area contributed by atoms with Crippen molar-refractivity contribution in [2.24, 2.45) is 0 Å². The van der Waals surface area contributed by atoms with Crippen molar-refractivity contribution >= 4 is 16.7 Å². The molecule has 166 valence electrons. The van der Waals surface area contributed by atoms with Gasteiger partial charge in [-0.2, -0.15) is 0 Å². The van der Waals surface area contributed by atoms with Gasteiger partial charge in [0, 0.05) is 29.9 Å². The third-order valence-corrected chi connectivity index (χ3v) is 7.02. The Morgan fingerprint density at radius 2 is 1.90 bits per heavy atom. The van der Waals surface area contributed by atoms with Crippen LogP contribution in [0.1, 0.15) is 67.6 Å². The van der Waals surface area contributed by atoms with Crippen LogP contribution in [0, 0.1) is 20.8 Å². The van der Waals surface area contributed by atoms with E-state index in [-0.39, 0.29) is 0 Å². The number of unbranched alkanes of at least 4 members (excludes halogenated alkanes) is 2. The highest BCUT2D eigenvalue weighted by Crippen LogP contribution is 2.41. The number of rotatable bonds is 8. The maximum atomic E-state index is 5.45. The Kier molecular flexibility index (Phi) is 6.27.